The first-order chi connectivity index (χ1) is 14.2. The highest BCUT2D eigenvalue weighted by Crippen LogP contribution is 2.27. The zero-order valence-electron chi connectivity index (χ0n) is 16.4. The molecular formula is C21H24N4O2S2. The van der Waals surface area contributed by atoms with Gasteiger partial charge in [0.15, 0.2) is 5.82 Å². The van der Waals surface area contributed by atoms with E-state index >= 15 is 0 Å². The molecule has 0 unspecified atom stereocenters. The molecule has 1 aromatic carbocycles. The topological polar surface area (TPSA) is 52.3 Å². The number of hydrogen-bond acceptors (Lipinski definition) is 6. The molecule has 1 aliphatic heterocycles. The molecule has 152 valence electrons. The summed E-state index contributed by atoms with van der Waals surface area (Å²) < 4.78 is 9.77. The summed E-state index contributed by atoms with van der Waals surface area (Å²) in [4.78, 5) is 15.4. The van der Waals surface area contributed by atoms with Gasteiger partial charge in [0.2, 0.25) is 4.77 Å². The van der Waals surface area contributed by atoms with Gasteiger partial charge in [-0.1, -0.05) is 24.3 Å². The summed E-state index contributed by atoms with van der Waals surface area (Å²) in [5.41, 5.74) is 1.01. The highest BCUT2D eigenvalue weighted by atomic mass is 32.1. The van der Waals surface area contributed by atoms with Crippen LogP contribution in [0, 0.1) is 10.7 Å². The van der Waals surface area contributed by atoms with Crippen LogP contribution in [0.15, 0.2) is 47.8 Å². The first-order valence-electron chi connectivity index (χ1n) is 9.85. The van der Waals surface area contributed by atoms with Gasteiger partial charge in [0, 0.05) is 18.8 Å². The molecule has 2 aromatic heterocycles. The van der Waals surface area contributed by atoms with Gasteiger partial charge >= 0.3 is 5.97 Å². The van der Waals surface area contributed by atoms with Gasteiger partial charge in [0.1, 0.15) is 0 Å². The van der Waals surface area contributed by atoms with Crippen LogP contribution in [-0.2, 0) is 16.2 Å². The second-order valence-corrected chi connectivity index (χ2v) is 8.35. The lowest BCUT2D eigenvalue weighted by Crippen LogP contribution is -2.38. The van der Waals surface area contributed by atoms with Crippen molar-refractivity contribution in [2.45, 2.75) is 26.4 Å². The zero-order chi connectivity index (χ0) is 20.2. The summed E-state index contributed by atoms with van der Waals surface area (Å²) in [5.74, 6) is 0.789. The Morgan fingerprint density at radius 3 is 2.62 bits per heavy atom. The Morgan fingerprint density at radius 1 is 1.21 bits per heavy atom. The van der Waals surface area contributed by atoms with E-state index in [1.807, 2.05) is 58.0 Å². The number of thiophene rings is 1. The Kier molecular flexibility index (Phi) is 6.22. The van der Waals surface area contributed by atoms with E-state index in [9.17, 15) is 4.79 Å². The van der Waals surface area contributed by atoms with Gasteiger partial charge in [0.25, 0.3) is 0 Å². The minimum absolute atomic E-state index is 0.00253. The van der Waals surface area contributed by atoms with Crippen molar-refractivity contribution in [1.29, 1.82) is 0 Å². The number of nitrogens with zero attached hydrogens (tertiary/aromatic N) is 4. The second kappa shape index (κ2) is 9.02. The van der Waals surface area contributed by atoms with Crippen molar-refractivity contribution in [3.63, 3.8) is 0 Å². The predicted octanol–water partition coefficient (Wildman–Crippen LogP) is 4.36. The van der Waals surface area contributed by atoms with Crippen molar-refractivity contribution in [2.75, 3.05) is 19.7 Å². The average Bonchev–Trinajstić information content (AvgIpc) is 3.38. The van der Waals surface area contributed by atoms with Crippen molar-refractivity contribution in [2.24, 2.45) is 5.92 Å². The van der Waals surface area contributed by atoms with E-state index in [2.05, 4.69) is 11.0 Å². The average molecular weight is 429 g/mol. The van der Waals surface area contributed by atoms with Gasteiger partial charge in [-0.2, -0.15) is 0 Å². The monoisotopic (exact) mass is 428 g/mol. The number of carbonyl (C=O) groups excluding carboxylic acids is 1. The molecule has 3 heterocycles. The molecule has 0 N–H and O–H groups in total. The second-order valence-electron chi connectivity index (χ2n) is 7.04. The van der Waals surface area contributed by atoms with Gasteiger partial charge in [-0.05, 0) is 55.6 Å². The number of rotatable bonds is 6. The van der Waals surface area contributed by atoms with Gasteiger partial charge in [-0.25, -0.2) is 4.68 Å². The van der Waals surface area contributed by atoms with E-state index in [0.29, 0.717) is 18.0 Å². The van der Waals surface area contributed by atoms with Crippen molar-refractivity contribution in [1.82, 2.24) is 19.2 Å². The molecule has 1 fully saturated rings. The molecule has 1 aliphatic rings. The number of esters is 1. The molecule has 1 saturated heterocycles. The van der Waals surface area contributed by atoms with Crippen LogP contribution in [0.25, 0.3) is 16.4 Å². The van der Waals surface area contributed by atoms with Crippen LogP contribution < -0.4 is 0 Å². The largest absolute Gasteiger partial charge is 0.466 e. The summed E-state index contributed by atoms with van der Waals surface area (Å²) in [6.07, 6.45) is 1.62. The van der Waals surface area contributed by atoms with Crippen molar-refractivity contribution < 1.29 is 9.53 Å². The smallest absolute Gasteiger partial charge is 0.309 e. The lowest BCUT2D eigenvalue weighted by Gasteiger charge is -2.30. The van der Waals surface area contributed by atoms with E-state index in [4.69, 9.17) is 22.1 Å². The molecule has 29 heavy (non-hydrogen) atoms. The maximum absolute atomic E-state index is 12.0. The number of ether oxygens (including phenoxy) is 1. The molecule has 0 atom stereocenters. The SMILES string of the molecule is CCOC(=O)C1CCN(Cn2nc(-c3cccs3)n(-c3ccccc3)c2=S)CC1. The fourth-order valence-corrected chi connectivity index (χ4v) is 4.62. The third-order valence-corrected chi connectivity index (χ3v) is 6.40. The van der Waals surface area contributed by atoms with E-state index in [1.54, 1.807) is 11.3 Å². The van der Waals surface area contributed by atoms with Crippen LogP contribution in [0.3, 0.4) is 0 Å². The highest BCUT2D eigenvalue weighted by Gasteiger charge is 2.26. The van der Waals surface area contributed by atoms with Crippen LogP contribution in [0.2, 0.25) is 0 Å². The first kappa shape index (κ1) is 20.0. The molecule has 0 radical (unpaired) electrons. The summed E-state index contributed by atoms with van der Waals surface area (Å²) in [7, 11) is 0. The first-order valence-corrected chi connectivity index (χ1v) is 11.1. The summed E-state index contributed by atoms with van der Waals surface area (Å²) in [5, 5.41) is 6.91. The molecule has 8 heteroatoms. The molecule has 0 spiro atoms. The minimum Gasteiger partial charge on any atom is -0.466 e. The maximum Gasteiger partial charge on any atom is 0.309 e. The Morgan fingerprint density at radius 2 is 1.97 bits per heavy atom. The zero-order valence-corrected chi connectivity index (χ0v) is 18.0. The molecule has 0 amide bonds. The molecule has 0 bridgehead atoms. The van der Waals surface area contributed by atoms with Gasteiger partial charge in [-0.3, -0.25) is 14.3 Å². The Labute approximate surface area is 179 Å². The van der Waals surface area contributed by atoms with E-state index in [1.165, 1.54) is 0 Å². The van der Waals surface area contributed by atoms with Crippen molar-refractivity contribution >= 4 is 29.5 Å². The number of aromatic nitrogens is 3. The van der Waals surface area contributed by atoms with Crippen LogP contribution in [-0.4, -0.2) is 44.9 Å². The van der Waals surface area contributed by atoms with Gasteiger partial charge in [0.05, 0.1) is 24.1 Å². The molecule has 3 aromatic rings. The predicted molar refractivity (Wildman–Crippen MR) is 117 cm³/mol. The molecule has 0 saturated carbocycles. The van der Waals surface area contributed by atoms with E-state index in [-0.39, 0.29) is 11.9 Å². The lowest BCUT2D eigenvalue weighted by molar-refractivity contribution is -0.149. The standard InChI is InChI=1S/C21H24N4O2S2/c1-2-27-20(26)16-10-12-23(13-11-16)15-24-21(28)25(17-7-4-3-5-8-17)19(22-24)18-9-6-14-29-18/h3-9,14,16H,2,10-13,15H2,1H3. The van der Waals surface area contributed by atoms with Crippen molar-refractivity contribution in [3.8, 4) is 16.4 Å². The Bertz CT molecular complexity index is 1000. The summed E-state index contributed by atoms with van der Waals surface area (Å²) in [6, 6.07) is 14.2. The van der Waals surface area contributed by atoms with Gasteiger partial charge in [-0.15, -0.1) is 16.4 Å². The fraction of sp³-hybridized carbons (Fsp3) is 0.381. The van der Waals surface area contributed by atoms with Gasteiger partial charge < -0.3 is 4.74 Å². The summed E-state index contributed by atoms with van der Waals surface area (Å²) >= 11 is 7.46. The highest BCUT2D eigenvalue weighted by molar-refractivity contribution is 7.71. The third-order valence-electron chi connectivity index (χ3n) is 5.14. The van der Waals surface area contributed by atoms with Crippen LogP contribution in [0.4, 0.5) is 0 Å². The minimum atomic E-state index is -0.0721. The number of carbonyl (C=O) groups is 1. The molecule has 6 nitrogen and oxygen atoms in total. The number of para-hydroxylation sites is 1. The van der Waals surface area contributed by atoms with E-state index < -0.39 is 0 Å². The number of hydrogen-bond donors (Lipinski definition) is 0. The lowest BCUT2D eigenvalue weighted by atomic mass is 9.97. The van der Waals surface area contributed by atoms with E-state index in [0.717, 1.165) is 42.3 Å². The van der Waals surface area contributed by atoms with Crippen molar-refractivity contribution in [3.05, 3.63) is 52.6 Å². The fourth-order valence-electron chi connectivity index (χ4n) is 3.63. The number of benzene rings is 1. The van der Waals surface area contributed by atoms with Crippen LogP contribution in [0.5, 0.6) is 0 Å². The summed E-state index contributed by atoms with van der Waals surface area (Å²) in [6.45, 7) is 4.57. The Hall–Kier alpha value is -2.29. The van der Waals surface area contributed by atoms with Crippen LogP contribution >= 0.6 is 23.6 Å². The third kappa shape index (κ3) is 4.34. The molecular weight excluding hydrogens is 404 g/mol. The van der Waals surface area contributed by atoms with Crippen LogP contribution in [0.1, 0.15) is 19.8 Å². The normalized spacial score (nSPS) is 15.5. The number of likely N-dealkylation sites (tertiary alicyclic amines) is 1. The Balaban J connectivity index is 1.56. The molecule has 4 rings (SSSR count). The molecule has 0 aliphatic carbocycles. The maximum atomic E-state index is 12.0. The number of piperidine rings is 1. The quantitative estimate of drug-likeness (QED) is 0.431.